The molecule has 5 nitrogen and oxygen atoms in total. The van der Waals surface area contributed by atoms with Crippen LogP contribution in [0.5, 0.6) is 0 Å². The Morgan fingerprint density at radius 1 is 0.880 bits per heavy atom. The molecule has 4 N–H and O–H groups in total. The van der Waals surface area contributed by atoms with Gasteiger partial charge < -0.3 is 20.8 Å². The molecule has 4 saturated carbocycles. The van der Waals surface area contributed by atoms with Crippen LogP contribution in [0.15, 0.2) is 0 Å². The van der Waals surface area contributed by atoms with Gasteiger partial charge in [-0.2, -0.15) is 0 Å². The summed E-state index contributed by atoms with van der Waals surface area (Å²) in [6.45, 7) is 1.62. The fourth-order valence-electron chi connectivity index (χ4n) is 6.61. The second kappa shape index (κ2) is 5.67. The Balaban J connectivity index is 0.000000112. The van der Waals surface area contributed by atoms with E-state index in [9.17, 15) is 4.79 Å². The Hall–Kier alpha value is -0.650. The van der Waals surface area contributed by atoms with E-state index in [0.29, 0.717) is 24.0 Å². The minimum Gasteiger partial charge on any atom is -0.395 e. The molecule has 5 heteroatoms. The van der Waals surface area contributed by atoms with E-state index in [-0.39, 0.29) is 24.5 Å². The van der Waals surface area contributed by atoms with Gasteiger partial charge >= 0.3 is 0 Å². The van der Waals surface area contributed by atoms with Gasteiger partial charge in [-0.3, -0.25) is 4.79 Å². The number of carbonyl (C=O) groups is 1. The first kappa shape index (κ1) is 16.5. The summed E-state index contributed by atoms with van der Waals surface area (Å²) >= 11 is 0. The van der Waals surface area contributed by atoms with Gasteiger partial charge in [0.15, 0.2) is 0 Å². The Labute approximate surface area is 149 Å². The highest BCUT2D eigenvalue weighted by Gasteiger charge is 2.59. The normalized spacial score (nSPS) is 46.6. The van der Waals surface area contributed by atoms with Crippen molar-refractivity contribution in [3.05, 3.63) is 0 Å². The minimum absolute atomic E-state index is 0.0532. The van der Waals surface area contributed by atoms with Crippen molar-refractivity contribution in [2.75, 3.05) is 19.8 Å². The Kier molecular flexibility index (Phi) is 3.75. The van der Waals surface area contributed by atoms with E-state index in [1.807, 2.05) is 0 Å². The number of carbonyl (C=O) groups excluding carboxylic acids is 1. The molecule has 0 radical (unpaired) electrons. The Morgan fingerprint density at radius 3 is 2.16 bits per heavy atom. The number of hydrogen-bond donors (Lipinski definition) is 4. The summed E-state index contributed by atoms with van der Waals surface area (Å²) in [6, 6.07) is 0.479. The lowest BCUT2D eigenvalue weighted by Gasteiger charge is -2.15. The fourth-order valence-corrected chi connectivity index (χ4v) is 6.61. The SMILES string of the molecule is O=C1N[C@H](CO)[C@H]2CC3(CC3)CC12.OC[C@H]1NCC2CC3(CC3)C[C@@H]21. The first-order valence-corrected chi connectivity index (χ1v) is 10.3. The maximum absolute atomic E-state index is 11.5. The zero-order valence-electron chi connectivity index (χ0n) is 15.0. The van der Waals surface area contributed by atoms with Crippen LogP contribution in [0.3, 0.4) is 0 Å². The van der Waals surface area contributed by atoms with E-state index in [2.05, 4.69) is 10.6 Å². The van der Waals surface area contributed by atoms with Gasteiger partial charge in [0.05, 0.1) is 19.3 Å². The average Bonchev–Trinajstić information content (AvgIpc) is 3.33. The lowest BCUT2D eigenvalue weighted by molar-refractivity contribution is -0.123. The van der Waals surface area contributed by atoms with Crippen LogP contribution in [-0.4, -0.2) is 48.0 Å². The molecular weight excluding hydrogens is 316 g/mol. The lowest BCUT2D eigenvalue weighted by atomic mass is 9.94. The minimum atomic E-state index is 0.0532. The van der Waals surface area contributed by atoms with Crippen molar-refractivity contribution in [2.24, 2.45) is 34.5 Å². The monoisotopic (exact) mass is 348 g/mol. The highest BCUT2D eigenvalue weighted by molar-refractivity contribution is 5.82. The summed E-state index contributed by atoms with van der Waals surface area (Å²) in [5.74, 6) is 2.54. The van der Waals surface area contributed by atoms with Crippen LogP contribution in [-0.2, 0) is 4.79 Å². The first-order valence-electron chi connectivity index (χ1n) is 10.3. The molecule has 140 valence electrons. The molecule has 2 unspecified atom stereocenters. The number of aliphatic hydroxyl groups excluding tert-OH is 2. The number of rotatable bonds is 2. The summed E-state index contributed by atoms with van der Waals surface area (Å²) < 4.78 is 0. The van der Waals surface area contributed by atoms with Gasteiger partial charge in [-0.1, -0.05) is 0 Å². The third kappa shape index (κ3) is 2.74. The molecule has 6 aliphatic rings. The molecule has 0 aromatic rings. The zero-order chi connectivity index (χ0) is 17.2. The molecule has 25 heavy (non-hydrogen) atoms. The molecule has 2 aliphatic heterocycles. The molecule has 0 bridgehead atoms. The molecule has 2 heterocycles. The molecule has 2 saturated heterocycles. The molecule has 4 aliphatic carbocycles. The highest BCUT2D eigenvalue weighted by atomic mass is 16.3. The second-order valence-electron chi connectivity index (χ2n) is 10.0. The van der Waals surface area contributed by atoms with Gasteiger partial charge in [-0.25, -0.2) is 0 Å². The largest absolute Gasteiger partial charge is 0.395 e. The third-order valence-corrected chi connectivity index (χ3v) is 8.46. The van der Waals surface area contributed by atoms with Crippen LogP contribution >= 0.6 is 0 Å². The quantitative estimate of drug-likeness (QED) is 0.601. The van der Waals surface area contributed by atoms with Crippen LogP contribution in [0.4, 0.5) is 0 Å². The Morgan fingerprint density at radius 2 is 1.52 bits per heavy atom. The maximum atomic E-state index is 11.5. The van der Waals surface area contributed by atoms with Crippen molar-refractivity contribution in [1.29, 1.82) is 0 Å². The van der Waals surface area contributed by atoms with Crippen molar-refractivity contribution in [3.63, 3.8) is 0 Å². The predicted octanol–water partition coefficient (Wildman–Crippen LogP) is 1.04. The predicted molar refractivity (Wildman–Crippen MR) is 93.7 cm³/mol. The maximum Gasteiger partial charge on any atom is 0.223 e. The average molecular weight is 348 g/mol. The summed E-state index contributed by atoms with van der Waals surface area (Å²) in [6.07, 6.45) is 10.7. The van der Waals surface area contributed by atoms with E-state index in [1.165, 1.54) is 44.9 Å². The van der Waals surface area contributed by atoms with Crippen molar-refractivity contribution < 1.29 is 15.0 Å². The molecule has 0 aromatic carbocycles. The molecule has 6 atom stereocenters. The van der Waals surface area contributed by atoms with Crippen LogP contribution < -0.4 is 10.6 Å². The summed E-state index contributed by atoms with van der Waals surface area (Å²) in [5, 5.41) is 24.6. The summed E-state index contributed by atoms with van der Waals surface area (Å²) in [5.41, 5.74) is 1.30. The molecule has 6 fully saturated rings. The number of hydrogen-bond acceptors (Lipinski definition) is 4. The van der Waals surface area contributed by atoms with Crippen molar-refractivity contribution in [1.82, 2.24) is 10.6 Å². The van der Waals surface area contributed by atoms with Gasteiger partial charge in [0.2, 0.25) is 5.91 Å². The van der Waals surface area contributed by atoms with Crippen LogP contribution in [0, 0.1) is 34.5 Å². The van der Waals surface area contributed by atoms with E-state index < -0.39 is 0 Å². The molecule has 0 aromatic heterocycles. The summed E-state index contributed by atoms with van der Waals surface area (Å²) in [4.78, 5) is 11.5. The van der Waals surface area contributed by atoms with E-state index in [4.69, 9.17) is 10.2 Å². The molecule has 6 rings (SSSR count). The van der Waals surface area contributed by atoms with Gasteiger partial charge in [0.25, 0.3) is 0 Å². The fraction of sp³-hybridized carbons (Fsp3) is 0.950. The number of aliphatic hydroxyl groups is 2. The van der Waals surface area contributed by atoms with E-state index >= 15 is 0 Å². The van der Waals surface area contributed by atoms with Crippen LogP contribution in [0.25, 0.3) is 0 Å². The molecule has 2 spiro atoms. The Bertz CT molecular complexity index is 557. The molecular formula is C20H32N2O3. The van der Waals surface area contributed by atoms with Gasteiger partial charge in [0, 0.05) is 12.0 Å². The second-order valence-corrected chi connectivity index (χ2v) is 10.0. The van der Waals surface area contributed by atoms with Crippen LogP contribution in [0.1, 0.15) is 51.4 Å². The van der Waals surface area contributed by atoms with Crippen LogP contribution in [0.2, 0.25) is 0 Å². The number of amides is 1. The van der Waals surface area contributed by atoms with Crippen molar-refractivity contribution in [2.45, 2.75) is 63.5 Å². The zero-order valence-corrected chi connectivity index (χ0v) is 15.0. The number of fused-ring (bicyclic) bond motifs is 2. The van der Waals surface area contributed by atoms with Gasteiger partial charge in [-0.15, -0.1) is 0 Å². The van der Waals surface area contributed by atoms with Crippen molar-refractivity contribution in [3.8, 4) is 0 Å². The standard InChI is InChI=1S/C10H15NO2.C10H17NO/c12-5-8-6-3-10(1-2-10)4-7(6)9(13)11-8;12-6-9-8-4-10(1-2-10)3-7(8)5-11-9/h6-8,12H,1-5H2,(H,11,13);7-9,11-12H,1-6H2/t6-,7?,8+;7?,8-,9+/m00/s1. The smallest absolute Gasteiger partial charge is 0.223 e. The van der Waals surface area contributed by atoms with E-state index in [0.717, 1.165) is 30.2 Å². The summed E-state index contributed by atoms with van der Waals surface area (Å²) in [7, 11) is 0. The topological polar surface area (TPSA) is 81.6 Å². The van der Waals surface area contributed by atoms with Gasteiger partial charge in [0.1, 0.15) is 0 Å². The van der Waals surface area contributed by atoms with Crippen molar-refractivity contribution >= 4 is 5.91 Å². The van der Waals surface area contributed by atoms with Gasteiger partial charge in [-0.05, 0) is 86.5 Å². The number of nitrogens with one attached hydrogen (secondary N) is 2. The van der Waals surface area contributed by atoms with E-state index in [1.54, 1.807) is 0 Å². The lowest BCUT2D eigenvalue weighted by Crippen LogP contribution is -2.33. The molecule has 1 amide bonds. The third-order valence-electron chi connectivity index (χ3n) is 8.46. The highest BCUT2D eigenvalue weighted by Crippen LogP contribution is 2.64. The first-order chi connectivity index (χ1) is 12.1.